The largest absolute Gasteiger partial charge is 0.448 e. The number of aliphatic hydroxyl groups is 1. The maximum absolute atomic E-state index is 16.3. The third-order valence-electron chi connectivity index (χ3n) is 8.18. The number of hydrogen-bond acceptors (Lipinski definition) is 17. The molecule has 3 aliphatic heterocycles. The normalized spacial score (nSPS) is 34.0. The molecule has 3 saturated heterocycles. The van der Waals surface area contributed by atoms with Gasteiger partial charge >= 0.3 is 19.6 Å². The van der Waals surface area contributed by atoms with Gasteiger partial charge in [0.1, 0.15) is 48.8 Å². The van der Waals surface area contributed by atoms with E-state index < -0.39 is 98.7 Å². The van der Waals surface area contributed by atoms with Gasteiger partial charge in [-0.05, 0) is 18.9 Å². The average molecular weight is 812 g/mol. The molecule has 52 heavy (non-hydrogen) atoms. The van der Waals surface area contributed by atoms with Gasteiger partial charge in [-0.25, -0.2) is 38.1 Å². The first-order valence-electron chi connectivity index (χ1n) is 15.2. The summed E-state index contributed by atoms with van der Waals surface area (Å²) in [6, 6.07) is 0. The summed E-state index contributed by atoms with van der Waals surface area (Å²) in [4.78, 5) is 54.2. The third kappa shape index (κ3) is 7.25. The Hall–Kier alpha value is -3.03. The van der Waals surface area contributed by atoms with Gasteiger partial charge in [-0.15, -0.1) is 0 Å². The molecule has 0 radical (unpaired) electrons. The molecule has 0 aromatic carbocycles. The fourth-order valence-electron chi connectivity index (χ4n) is 5.83. The van der Waals surface area contributed by atoms with Crippen molar-refractivity contribution < 1.29 is 60.4 Å². The van der Waals surface area contributed by atoms with Crippen molar-refractivity contribution in [3.05, 3.63) is 41.3 Å². The number of anilines is 1. The van der Waals surface area contributed by atoms with E-state index in [4.69, 9.17) is 44.1 Å². The summed E-state index contributed by atoms with van der Waals surface area (Å²) in [5.74, 6) is -1.02. The molecule has 0 aliphatic carbocycles. The molecule has 7 heterocycles. The van der Waals surface area contributed by atoms with Crippen molar-refractivity contribution in [3.8, 4) is 0 Å². The lowest BCUT2D eigenvalue weighted by Gasteiger charge is -2.27. The molecule has 4 unspecified atom stereocenters. The van der Waals surface area contributed by atoms with Crippen LogP contribution in [0.4, 0.5) is 19.4 Å². The first-order valence-corrected chi connectivity index (χ1v) is 20.5. The Kier molecular flexibility index (Phi) is 10.5. The van der Waals surface area contributed by atoms with Gasteiger partial charge in [-0.3, -0.25) is 28.2 Å². The summed E-state index contributed by atoms with van der Waals surface area (Å²) in [5, 5.41) is 16.0. The Morgan fingerprint density at radius 2 is 1.90 bits per heavy atom. The van der Waals surface area contributed by atoms with Crippen molar-refractivity contribution in [1.82, 2.24) is 39.4 Å². The highest BCUT2D eigenvalue weighted by Crippen LogP contribution is 2.58. The quantitative estimate of drug-likeness (QED) is 0.0903. The standard InChI is InChI=1S/C25H29F2N9O12P2S2/c1-28-2-3-42-25(39)34-19-15-21(31-7-29-19)36(9-33-15)23-14(27)17-12(46-23)6-44-50(41,52)48-18-16(37)11(5-43-49(40,51)47-17)45-24(18)35-4-10(26)13-20(35)30-8-32-22(13)38/h4,7-9,11-12,14,16-18,23-24,28,37H,2-3,5-6H2,1H3,(H,40,51)(H,41,52)(H,30,32,38)(H,29,31,34,39)/t11?,12?,14-,16-,17-,18-,23-,24-,49?,50?/m1/s1. The van der Waals surface area contributed by atoms with Crippen molar-refractivity contribution in [2.24, 2.45) is 0 Å². The number of carbonyl (C=O) groups is 1. The summed E-state index contributed by atoms with van der Waals surface area (Å²) in [6.45, 7) is -9.84. The van der Waals surface area contributed by atoms with E-state index >= 15 is 4.39 Å². The van der Waals surface area contributed by atoms with Crippen LogP contribution in [-0.4, -0.2) is 120 Å². The van der Waals surface area contributed by atoms with Crippen LogP contribution in [0.2, 0.25) is 0 Å². The number of nitrogens with one attached hydrogen (secondary N) is 3. The maximum atomic E-state index is 16.3. The van der Waals surface area contributed by atoms with Gasteiger partial charge in [0.2, 0.25) is 0 Å². The molecular weight excluding hydrogens is 782 g/mol. The molecular formula is C25H29F2N9O12P2S2. The fraction of sp³-hybridized carbons (Fsp3) is 0.520. The van der Waals surface area contributed by atoms with E-state index in [1.165, 1.54) is 4.57 Å². The van der Waals surface area contributed by atoms with Crippen molar-refractivity contribution in [1.29, 1.82) is 0 Å². The van der Waals surface area contributed by atoms with Gasteiger partial charge in [-0.2, -0.15) is 0 Å². The zero-order chi connectivity index (χ0) is 36.9. The molecule has 27 heteroatoms. The second-order valence-electron chi connectivity index (χ2n) is 11.5. The number of halogens is 2. The van der Waals surface area contributed by atoms with Gasteiger partial charge in [0.25, 0.3) is 5.56 Å². The molecule has 7 rings (SSSR count). The van der Waals surface area contributed by atoms with Gasteiger partial charge in [0.05, 0.1) is 25.9 Å². The lowest BCUT2D eigenvalue weighted by Crippen LogP contribution is -2.35. The number of aliphatic hydroxyl groups excluding tert-OH is 1. The Labute approximate surface area is 300 Å². The van der Waals surface area contributed by atoms with Crippen LogP contribution in [0, 0.1) is 5.82 Å². The average Bonchev–Trinajstić information content (AvgIpc) is 3.83. The second kappa shape index (κ2) is 14.7. The Morgan fingerprint density at radius 3 is 2.69 bits per heavy atom. The third-order valence-corrected chi connectivity index (χ3v) is 11.3. The summed E-state index contributed by atoms with van der Waals surface area (Å²) in [5.41, 5.74) is -0.934. The Morgan fingerprint density at radius 1 is 1.13 bits per heavy atom. The van der Waals surface area contributed by atoms with E-state index in [9.17, 15) is 28.5 Å². The molecule has 2 bridgehead atoms. The second-order valence-corrected chi connectivity index (χ2v) is 17.1. The smallest absolute Gasteiger partial charge is 0.412 e. The highest BCUT2D eigenvalue weighted by atomic mass is 32.7. The zero-order valence-electron chi connectivity index (χ0n) is 26.4. The number of aromatic nitrogens is 7. The first-order chi connectivity index (χ1) is 24.8. The number of hydrogen-bond donors (Lipinski definition) is 6. The number of thiol groups is 1. The minimum Gasteiger partial charge on any atom is -0.448 e. The highest BCUT2D eigenvalue weighted by Gasteiger charge is 2.53. The van der Waals surface area contributed by atoms with Crippen LogP contribution in [0.25, 0.3) is 22.2 Å². The number of carbonyl (C=O) groups excluding carboxylic acids is 1. The van der Waals surface area contributed by atoms with Crippen LogP contribution >= 0.6 is 25.8 Å². The number of amides is 1. The van der Waals surface area contributed by atoms with Crippen LogP contribution in [0.15, 0.2) is 30.0 Å². The van der Waals surface area contributed by atoms with Gasteiger partial charge in [-0.1, -0.05) is 12.2 Å². The molecule has 3 aliphatic rings. The molecule has 282 valence electrons. The lowest BCUT2D eigenvalue weighted by atomic mass is 10.1. The molecule has 10 atom stereocenters. The first kappa shape index (κ1) is 37.3. The number of nitrogens with zero attached hydrogens (tertiary/aromatic N) is 6. The molecule has 1 amide bonds. The summed E-state index contributed by atoms with van der Waals surface area (Å²) >= 11 is 9.21. The number of likely N-dealkylation sites (N-methyl/N-ethyl adjacent to an activating group) is 1. The van der Waals surface area contributed by atoms with Crippen molar-refractivity contribution in [2.75, 3.05) is 38.7 Å². The molecule has 0 spiro atoms. The predicted molar refractivity (Wildman–Crippen MR) is 178 cm³/mol. The summed E-state index contributed by atoms with van der Waals surface area (Å²) in [6.07, 6.45) is -9.71. The monoisotopic (exact) mass is 811 g/mol. The number of aromatic amines is 1. The van der Waals surface area contributed by atoms with Crippen LogP contribution < -0.4 is 16.2 Å². The van der Waals surface area contributed by atoms with E-state index in [0.29, 0.717) is 6.54 Å². The van der Waals surface area contributed by atoms with Gasteiger partial charge < -0.3 is 43.6 Å². The van der Waals surface area contributed by atoms with E-state index in [-0.39, 0.29) is 29.2 Å². The Bertz CT molecular complexity index is 2150. The van der Waals surface area contributed by atoms with Crippen molar-refractivity contribution in [3.63, 3.8) is 0 Å². The van der Waals surface area contributed by atoms with Gasteiger partial charge in [0.15, 0.2) is 47.1 Å². The molecule has 3 fully saturated rings. The molecule has 5 N–H and O–H groups in total. The predicted octanol–water partition coefficient (Wildman–Crippen LogP) is 1.04. The lowest BCUT2D eigenvalue weighted by molar-refractivity contribution is -0.0586. The highest BCUT2D eigenvalue weighted by molar-refractivity contribution is 8.44. The minimum absolute atomic E-state index is 0.0167. The Balaban J connectivity index is 1.15. The van der Waals surface area contributed by atoms with Crippen molar-refractivity contribution >= 4 is 71.7 Å². The summed E-state index contributed by atoms with van der Waals surface area (Å²) in [7, 11) is 1.68. The van der Waals surface area contributed by atoms with E-state index in [0.717, 1.165) is 29.7 Å². The van der Waals surface area contributed by atoms with Crippen LogP contribution in [-0.2, 0) is 48.7 Å². The van der Waals surface area contributed by atoms with Crippen molar-refractivity contribution in [2.45, 2.75) is 49.1 Å². The molecule has 4 aromatic heterocycles. The molecule has 21 nitrogen and oxygen atoms in total. The number of fused-ring (bicyclic) bond motifs is 5. The number of rotatable bonds is 6. The number of imidazole rings is 1. The SMILES string of the molecule is CNCCOC(=O)Nc1ncnc2c1ncn2[C@@H]1OC2COP(O)(=S)O[C@@H]3[C@H](O)C(COP(=O)(S)O[C@H]2[C@H]1F)O[C@H]3n1cc(F)c2c(=O)[nH]cnc21. The van der Waals surface area contributed by atoms with E-state index in [2.05, 4.69) is 47.8 Å². The topological polar surface area (TPSA) is 258 Å². The van der Waals surface area contributed by atoms with Crippen LogP contribution in [0.1, 0.15) is 12.5 Å². The fourth-order valence-corrected chi connectivity index (χ4v) is 8.72. The van der Waals surface area contributed by atoms with Gasteiger partial charge in [0, 0.05) is 12.7 Å². The van der Waals surface area contributed by atoms with Crippen LogP contribution in [0.5, 0.6) is 0 Å². The number of H-pyrrole nitrogens is 1. The number of ether oxygens (including phenoxy) is 3. The maximum Gasteiger partial charge on any atom is 0.412 e. The molecule has 0 saturated carbocycles. The van der Waals surface area contributed by atoms with E-state index in [1.54, 1.807) is 7.05 Å². The van der Waals surface area contributed by atoms with Crippen LogP contribution in [0.3, 0.4) is 0 Å². The minimum atomic E-state index is -4.50. The molecule has 4 aromatic rings. The van der Waals surface area contributed by atoms with E-state index in [1.807, 2.05) is 0 Å². The number of alkyl halides is 1. The summed E-state index contributed by atoms with van der Waals surface area (Å²) < 4.78 is 85.9. The zero-order valence-corrected chi connectivity index (χ0v) is 29.9.